The predicted octanol–water partition coefficient (Wildman–Crippen LogP) is 2.92. The maximum absolute atomic E-state index is 5.82. The number of halogens is 1. The van der Waals surface area contributed by atoms with Crippen molar-refractivity contribution in [1.82, 2.24) is 0 Å². The van der Waals surface area contributed by atoms with Crippen molar-refractivity contribution < 1.29 is 0 Å². The van der Waals surface area contributed by atoms with Crippen LogP contribution in [0.3, 0.4) is 0 Å². The Morgan fingerprint density at radius 3 is 2.64 bits per heavy atom. The van der Waals surface area contributed by atoms with E-state index in [-0.39, 0.29) is 6.04 Å². The highest BCUT2D eigenvalue weighted by molar-refractivity contribution is 6.30. The topological polar surface area (TPSA) is 38.4 Å². The molecule has 0 saturated carbocycles. The van der Waals surface area contributed by atoms with Crippen LogP contribution in [-0.2, 0) is 0 Å². The van der Waals surface area contributed by atoms with Gasteiger partial charge in [-0.2, -0.15) is 0 Å². The molecule has 0 unspecified atom stereocenters. The molecule has 0 spiro atoms. The molecule has 0 aromatic heterocycles. The Labute approximate surface area is 88.8 Å². The number of aliphatic imine (C=N–C) groups is 1. The van der Waals surface area contributed by atoms with Gasteiger partial charge in [0, 0.05) is 11.4 Å². The molecule has 1 aliphatic rings. The van der Waals surface area contributed by atoms with E-state index in [1.807, 2.05) is 24.3 Å². The molecule has 3 heteroatoms. The number of benzene rings is 1. The van der Waals surface area contributed by atoms with Gasteiger partial charge in [-0.25, -0.2) is 0 Å². The molecule has 0 fully saturated rings. The first-order chi connectivity index (χ1) is 6.75. The molecule has 1 aromatic carbocycles. The molecule has 1 heterocycles. The molecule has 0 bridgehead atoms. The molecule has 0 radical (unpaired) electrons. The van der Waals surface area contributed by atoms with E-state index in [1.165, 1.54) is 5.56 Å². The SMILES string of the molecule is NC1=N[C@@H](c2ccc(Cl)cc2)CCC1. The van der Waals surface area contributed by atoms with Crippen molar-refractivity contribution in [3.05, 3.63) is 34.9 Å². The van der Waals surface area contributed by atoms with Crippen LogP contribution in [0.1, 0.15) is 30.9 Å². The van der Waals surface area contributed by atoms with Gasteiger partial charge in [0.25, 0.3) is 0 Å². The summed E-state index contributed by atoms with van der Waals surface area (Å²) in [6.45, 7) is 0. The van der Waals surface area contributed by atoms with Crippen LogP contribution in [0.25, 0.3) is 0 Å². The second kappa shape index (κ2) is 4.01. The number of amidine groups is 1. The fourth-order valence-electron chi connectivity index (χ4n) is 1.73. The smallest absolute Gasteiger partial charge is 0.0944 e. The molecule has 1 aliphatic heterocycles. The lowest BCUT2D eigenvalue weighted by Crippen LogP contribution is -2.17. The first kappa shape index (κ1) is 9.53. The van der Waals surface area contributed by atoms with E-state index in [0.29, 0.717) is 0 Å². The number of nitrogens with zero attached hydrogens (tertiary/aromatic N) is 1. The summed E-state index contributed by atoms with van der Waals surface area (Å²) in [5.74, 6) is 0.774. The highest BCUT2D eigenvalue weighted by atomic mass is 35.5. The van der Waals surface area contributed by atoms with E-state index in [4.69, 9.17) is 17.3 Å². The zero-order valence-electron chi connectivity index (χ0n) is 7.91. The zero-order valence-corrected chi connectivity index (χ0v) is 8.67. The van der Waals surface area contributed by atoms with Crippen molar-refractivity contribution in [2.45, 2.75) is 25.3 Å². The first-order valence-corrected chi connectivity index (χ1v) is 5.21. The molecule has 2 N–H and O–H groups in total. The summed E-state index contributed by atoms with van der Waals surface area (Å²) in [5.41, 5.74) is 6.92. The van der Waals surface area contributed by atoms with Gasteiger partial charge in [-0.15, -0.1) is 0 Å². The number of nitrogens with two attached hydrogens (primary N) is 1. The van der Waals surface area contributed by atoms with Gasteiger partial charge in [0.15, 0.2) is 0 Å². The van der Waals surface area contributed by atoms with Crippen molar-refractivity contribution in [2.75, 3.05) is 0 Å². The maximum atomic E-state index is 5.82. The minimum Gasteiger partial charge on any atom is -0.387 e. The summed E-state index contributed by atoms with van der Waals surface area (Å²) >= 11 is 5.82. The average Bonchev–Trinajstić information content (AvgIpc) is 2.19. The van der Waals surface area contributed by atoms with E-state index < -0.39 is 0 Å². The molecular formula is C11H13ClN2. The Morgan fingerprint density at radius 2 is 2.00 bits per heavy atom. The van der Waals surface area contributed by atoms with Crippen LogP contribution in [0.15, 0.2) is 29.3 Å². The van der Waals surface area contributed by atoms with Gasteiger partial charge in [-0.1, -0.05) is 23.7 Å². The van der Waals surface area contributed by atoms with Gasteiger partial charge in [0.2, 0.25) is 0 Å². The van der Waals surface area contributed by atoms with Crippen molar-refractivity contribution in [1.29, 1.82) is 0 Å². The van der Waals surface area contributed by atoms with Crippen molar-refractivity contribution in [3.63, 3.8) is 0 Å². The van der Waals surface area contributed by atoms with Crippen molar-refractivity contribution >= 4 is 17.4 Å². The molecule has 1 aromatic rings. The molecule has 2 nitrogen and oxygen atoms in total. The van der Waals surface area contributed by atoms with Gasteiger partial charge in [0.1, 0.15) is 0 Å². The predicted molar refractivity (Wildman–Crippen MR) is 59.7 cm³/mol. The van der Waals surface area contributed by atoms with Crippen LogP contribution in [0.4, 0.5) is 0 Å². The molecule has 1 atom stereocenters. The van der Waals surface area contributed by atoms with E-state index in [1.54, 1.807) is 0 Å². The van der Waals surface area contributed by atoms with Crippen LogP contribution >= 0.6 is 11.6 Å². The van der Waals surface area contributed by atoms with Crippen LogP contribution < -0.4 is 5.73 Å². The van der Waals surface area contributed by atoms with Gasteiger partial charge < -0.3 is 5.73 Å². The van der Waals surface area contributed by atoms with Gasteiger partial charge in [-0.05, 0) is 30.5 Å². The van der Waals surface area contributed by atoms with Crippen molar-refractivity contribution in [3.8, 4) is 0 Å². The third-order valence-electron chi connectivity index (χ3n) is 2.49. The first-order valence-electron chi connectivity index (χ1n) is 4.83. The lowest BCUT2D eigenvalue weighted by Gasteiger charge is -2.18. The average molecular weight is 209 g/mol. The summed E-state index contributed by atoms with van der Waals surface area (Å²) in [6, 6.07) is 8.08. The standard InChI is InChI=1S/C11H13ClN2/c12-9-6-4-8(5-7-9)10-2-1-3-11(13)14-10/h4-7,10H,1-3H2,(H2,13,14)/t10-/m1/s1. The number of rotatable bonds is 1. The zero-order chi connectivity index (χ0) is 9.97. The lowest BCUT2D eigenvalue weighted by atomic mass is 9.99. The largest absolute Gasteiger partial charge is 0.387 e. The monoisotopic (exact) mass is 208 g/mol. The van der Waals surface area contributed by atoms with E-state index >= 15 is 0 Å². The Hall–Kier alpha value is -1.02. The van der Waals surface area contributed by atoms with Gasteiger partial charge >= 0.3 is 0 Å². The minimum atomic E-state index is 0.237. The fraction of sp³-hybridized carbons (Fsp3) is 0.364. The van der Waals surface area contributed by atoms with Crippen LogP contribution in [0.2, 0.25) is 5.02 Å². The Kier molecular flexibility index (Phi) is 2.73. The van der Waals surface area contributed by atoms with E-state index in [2.05, 4.69) is 4.99 Å². The second-order valence-corrected chi connectivity index (χ2v) is 4.02. The molecule has 74 valence electrons. The molecule has 14 heavy (non-hydrogen) atoms. The third kappa shape index (κ3) is 2.07. The summed E-state index contributed by atoms with van der Waals surface area (Å²) in [4.78, 5) is 4.43. The van der Waals surface area contributed by atoms with Crippen LogP contribution in [0, 0.1) is 0 Å². The second-order valence-electron chi connectivity index (χ2n) is 3.58. The molecular weight excluding hydrogens is 196 g/mol. The summed E-state index contributed by atoms with van der Waals surface area (Å²) in [5, 5.41) is 0.765. The maximum Gasteiger partial charge on any atom is 0.0944 e. The lowest BCUT2D eigenvalue weighted by molar-refractivity contribution is 0.594. The van der Waals surface area contributed by atoms with E-state index in [0.717, 1.165) is 30.1 Å². The van der Waals surface area contributed by atoms with Crippen LogP contribution in [-0.4, -0.2) is 5.84 Å². The highest BCUT2D eigenvalue weighted by Gasteiger charge is 2.14. The molecule has 0 saturated heterocycles. The normalized spacial score (nSPS) is 21.8. The Bertz CT molecular complexity index is 343. The summed E-state index contributed by atoms with van der Waals surface area (Å²) in [6.07, 6.45) is 3.15. The minimum absolute atomic E-state index is 0.237. The van der Waals surface area contributed by atoms with Crippen LogP contribution in [0.5, 0.6) is 0 Å². The number of hydrogen-bond acceptors (Lipinski definition) is 2. The Balaban J connectivity index is 2.22. The third-order valence-corrected chi connectivity index (χ3v) is 2.74. The summed E-state index contributed by atoms with van der Waals surface area (Å²) < 4.78 is 0. The summed E-state index contributed by atoms with van der Waals surface area (Å²) in [7, 11) is 0. The fourth-order valence-corrected chi connectivity index (χ4v) is 1.86. The molecule has 2 rings (SSSR count). The molecule has 0 amide bonds. The quantitative estimate of drug-likeness (QED) is 0.757. The highest BCUT2D eigenvalue weighted by Crippen LogP contribution is 2.27. The Morgan fingerprint density at radius 1 is 1.29 bits per heavy atom. The number of hydrogen-bond donors (Lipinski definition) is 1. The van der Waals surface area contributed by atoms with E-state index in [9.17, 15) is 0 Å². The van der Waals surface area contributed by atoms with Crippen molar-refractivity contribution in [2.24, 2.45) is 10.7 Å². The van der Waals surface area contributed by atoms with Gasteiger partial charge in [-0.3, -0.25) is 4.99 Å². The van der Waals surface area contributed by atoms with Gasteiger partial charge in [0.05, 0.1) is 11.9 Å². The molecule has 0 aliphatic carbocycles.